The summed E-state index contributed by atoms with van der Waals surface area (Å²) >= 11 is 0. The van der Waals surface area contributed by atoms with Crippen molar-refractivity contribution in [2.45, 2.75) is 32.6 Å². The van der Waals surface area contributed by atoms with Crippen LogP contribution in [0.1, 0.15) is 41.4 Å². The van der Waals surface area contributed by atoms with Gasteiger partial charge in [0.1, 0.15) is 11.1 Å². The van der Waals surface area contributed by atoms with E-state index in [1.54, 1.807) is 31.4 Å². The summed E-state index contributed by atoms with van der Waals surface area (Å²) in [6.45, 7) is 2.62. The normalized spacial score (nSPS) is 11.0. The Labute approximate surface area is 168 Å². The standard InChI is InChI=1S/C23H23FO5/c1-3-5-18-14-17-11-12-19(21(24)20(17)23(26)28-18)29-22(25)16-9-7-15(8-10-16)6-4-13-27-2/h7-12,14H,3-6,13H2,1-2H3. The number of rotatable bonds is 8. The number of esters is 1. The molecule has 0 spiro atoms. The smallest absolute Gasteiger partial charge is 0.346 e. The van der Waals surface area contributed by atoms with Crippen LogP contribution in [0.4, 0.5) is 4.39 Å². The summed E-state index contributed by atoms with van der Waals surface area (Å²) in [6.07, 6.45) is 3.10. The lowest BCUT2D eigenvalue weighted by Crippen LogP contribution is -2.11. The molecule has 0 aliphatic rings. The highest BCUT2D eigenvalue weighted by atomic mass is 19.1. The maximum absolute atomic E-state index is 14.8. The number of carbonyl (C=O) groups is 1. The van der Waals surface area contributed by atoms with Crippen LogP contribution in [0.2, 0.25) is 0 Å². The molecule has 1 heterocycles. The van der Waals surface area contributed by atoms with Crippen LogP contribution in [-0.4, -0.2) is 19.7 Å². The first kappa shape index (κ1) is 20.7. The van der Waals surface area contributed by atoms with Gasteiger partial charge in [-0.25, -0.2) is 14.0 Å². The molecule has 0 atom stereocenters. The van der Waals surface area contributed by atoms with E-state index in [9.17, 15) is 14.0 Å². The Hall–Kier alpha value is -2.99. The minimum Gasteiger partial charge on any atom is -0.427 e. The number of fused-ring (bicyclic) bond motifs is 1. The van der Waals surface area contributed by atoms with E-state index in [0.717, 1.165) is 24.8 Å². The lowest BCUT2D eigenvalue weighted by molar-refractivity contribution is 0.0728. The van der Waals surface area contributed by atoms with Gasteiger partial charge in [-0.1, -0.05) is 25.1 Å². The number of methoxy groups -OCH3 is 1. The molecule has 0 unspecified atom stereocenters. The molecule has 0 saturated heterocycles. The minimum absolute atomic E-state index is 0.219. The fourth-order valence-electron chi connectivity index (χ4n) is 3.11. The van der Waals surface area contributed by atoms with Gasteiger partial charge in [0.2, 0.25) is 0 Å². The quantitative estimate of drug-likeness (QED) is 0.313. The molecule has 2 aromatic carbocycles. The van der Waals surface area contributed by atoms with Crippen LogP contribution in [0.3, 0.4) is 0 Å². The first-order valence-corrected chi connectivity index (χ1v) is 9.58. The second-order valence-corrected chi connectivity index (χ2v) is 6.77. The molecular formula is C23H23FO5. The summed E-state index contributed by atoms with van der Waals surface area (Å²) in [5.74, 6) is -1.40. The van der Waals surface area contributed by atoms with Crippen LogP contribution >= 0.6 is 0 Å². The molecule has 0 aliphatic heterocycles. The highest BCUT2D eigenvalue weighted by Gasteiger charge is 2.17. The Balaban J connectivity index is 1.79. The molecule has 0 saturated carbocycles. The Kier molecular flexibility index (Phi) is 6.77. The molecule has 29 heavy (non-hydrogen) atoms. The van der Waals surface area contributed by atoms with Crippen molar-refractivity contribution in [3.63, 3.8) is 0 Å². The predicted octanol–water partition coefficient (Wildman–Crippen LogP) is 4.68. The summed E-state index contributed by atoms with van der Waals surface area (Å²) in [5, 5.41) is 0.200. The number of ether oxygens (including phenoxy) is 2. The van der Waals surface area contributed by atoms with Crippen molar-refractivity contribution in [2.75, 3.05) is 13.7 Å². The van der Waals surface area contributed by atoms with Crippen molar-refractivity contribution in [1.29, 1.82) is 0 Å². The highest BCUT2D eigenvalue weighted by Crippen LogP contribution is 2.26. The van der Waals surface area contributed by atoms with Crippen molar-refractivity contribution >= 4 is 16.7 Å². The number of hydrogen-bond donors (Lipinski definition) is 0. The van der Waals surface area contributed by atoms with E-state index in [2.05, 4.69) is 0 Å². The van der Waals surface area contributed by atoms with E-state index in [0.29, 0.717) is 29.7 Å². The SMILES string of the molecule is CCCc1cc2ccc(OC(=O)c3ccc(CCCOC)cc3)c(F)c2c(=O)o1. The Morgan fingerprint density at radius 2 is 1.86 bits per heavy atom. The maximum Gasteiger partial charge on any atom is 0.346 e. The predicted molar refractivity (Wildman–Crippen MR) is 108 cm³/mol. The average molecular weight is 398 g/mol. The molecule has 152 valence electrons. The van der Waals surface area contributed by atoms with Crippen molar-refractivity contribution in [2.24, 2.45) is 0 Å². The van der Waals surface area contributed by atoms with E-state index in [1.807, 2.05) is 19.1 Å². The molecule has 0 fully saturated rings. The zero-order valence-corrected chi connectivity index (χ0v) is 16.5. The third-order valence-electron chi connectivity index (χ3n) is 4.59. The van der Waals surface area contributed by atoms with Crippen LogP contribution in [0.5, 0.6) is 5.75 Å². The second-order valence-electron chi connectivity index (χ2n) is 6.77. The van der Waals surface area contributed by atoms with Gasteiger partial charge < -0.3 is 13.9 Å². The van der Waals surface area contributed by atoms with E-state index < -0.39 is 17.4 Å². The van der Waals surface area contributed by atoms with Crippen LogP contribution in [0, 0.1) is 5.82 Å². The van der Waals surface area contributed by atoms with Gasteiger partial charge in [0.25, 0.3) is 0 Å². The molecular weight excluding hydrogens is 375 g/mol. The van der Waals surface area contributed by atoms with E-state index in [-0.39, 0.29) is 11.1 Å². The molecule has 0 aliphatic carbocycles. The molecule has 5 nitrogen and oxygen atoms in total. The first-order chi connectivity index (χ1) is 14.0. The molecule has 3 aromatic rings. The van der Waals surface area contributed by atoms with Gasteiger partial charge in [-0.15, -0.1) is 0 Å². The molecule has 0 bridgehead atoms. The number of hydrogen-bond acceptors (Lipinski definition) is 5. The van der Waals surface area contributed by atoms with Gasteiger partial charge in [-0.2, -0.15) is 0 Å². The van der Waals surface area contributed by atoms with Gasteiger partial charge in [0.15, 0.2) is 11.6 Å². The average Bonchev–Trinajstić information content (AvgIpc) is 2.71. The maximum atomic E-state index is 14.8. The fraction of sp³-hybridized carbons (Fsp3) is 0.304. The van der Waals surface area contributed by atoms with Gasteiger partial charge >= 0.3 is 11.6 Å². The van der Waals surface area contributed by atoms with Crippen molar-refractivity contribution in [3.05, 3.63) is 75.6 Å². The second kappa shape index (κ2) is 9.47. The zero-order valence-electron chi connectivity index (χ0n) is 16.5. The third-order valence-corrected chi connectivity index (χ3v) is 4.59. The number of halogens is 1. The molecule has 0 amide bonds. The molecule has 3 rings (SSSR count). The molecule has 0 N–H and O–H groups in total. The van der Waals surface area contributed by atoms with Gasteiger partial charge in [-0.3, -0.25) is 0 Å². The fourth-order valence-corrected chi connectivity index (χ4v) is 3.11. The summed E-state index contributed by atoms with van der Waals surface area (Å²) in [4.78, 5) is 24.6. The van der Waals surface area contributed by atoms with Crippen LogP contribution < -0.4 is 10.4 Å². The lowest BCUT2D eigenvalue weighted by atomic mass is 10.1. The molecule has 6 heteroatoms. The van der Waals surface area contributed by atoms with E-state index >= 15 is 0 Å². The zero-order chi connectivity index (χ0) is 20.8. The minimum atomic E-state index is -0.899. The monoisotopic (exact) mass is 398 g/mol. The van der Waals surface area contributed by atoms with Crippen LogP contribution in [0.25, 0.3) is 10.8 Å². The van der Waals surface area contributed by atoms with Gasteiger partial charge in [0, 0.05) is 20.1 Å². The Bertz CT molecular complexity index is 1050. The topological polar surface area (TPSA) is 65.7 Å². The summed E-state index contributed by atoms with van der Waals surface area (Å²) < 4.78 is 30.2. The molecule has 0 radical (unpaired) electrons. The van der Waals surface area contributed by atoms with Crippen LogP contribution in [-0.2, 0) is 17.6 Å². The first-order valence-electron chi connectivity index (χ1n) is 9.58. The van der Waals surface area contributed by atoms with Gasteiger partial charge in [0.05, 0.1) is 5.56 Å². The third kappa shape index (κ3) is 4.90. The number of benzene rings is 2. The van der Waals surface area contributed by atoms with Gasteiger partial charge in [-0.05, 0) is 54.5 Å². The van der Waals surface area contributed by atoms with Crippen LogP contribution in [0.15, 0.2) is 51.7 Å². The molecule has 1 aromatic heterocycles. The lowest BCUT2D eigenvalue weighted by Gasteiger charge is -2.08. The highest BCUT2D eigenvalue weighted by molar-refractivity contribution is 5.92. The van der Waals surface area contributed by atoms with Crippen molar-refractivity contribution < 1.29 is 23.1 Å². The number of aryl methyl sites for hydroxylation is 2. The van der Waals surface area contributed by atoms with E-state index in [4.69, 9.17) is 13.9 Å². The Morgan fingerprint density at radius 1 is 1.10 bits per heavy atom. The Morgan fingerprint density at radius 3 is 2.55 bits per heavy atom. The largest absolute Gasteiger partial charge is 0.427 e. The van der Waals surface area contributed by atoms with Crippen molar-refractivity contribution in [1.82, 2.24) is 0 Å². The number of carbonyl (C=O) groups excluding carboxylic acids is 1. The summed E-state index contributed by atoms with van der Waals surface area (Å²) in [7, 11) is 1.65. The summed E-state index contributed by atoms with van der Waals surface area (Å²) in [5.41, 5.74) is 0.586. The summed E-state index contributed by atoms with van der Waals surface area (Å²) in [6, 6.07) is 11.5. The van der Waals surface area contributed by atoms with E-state index in [1.165, 1.54) is 6.07 Å². The van der Waals surface area contributed by atoms with Crippen molar-refractivity contribution in [3.8, 4) is 5.75 Å².